The van der Waals surface area contributed by atoms with Gasteiger partial charge in [0.05, 0.1) is 18.1 Å². The second kappa shape index (κ2) is 8.03. The number of benzene rings is 2. The molecule has 6 nitrogen and oxygen atoms in total. The lowest BCUT2D eigenvalue weighted by Crippen LogP contribution is -2.27. The molecule has 0 saturated carbocycles. The molecule has 0 radical (unpaired) electrons. The average molecular weight is 367 g/mol. The summed E-state index contributed by atoms with van der Waals surface area (Å²) in [5.41, 5.74) is 1.06. The molecule has 2 aromatic carbocycles. The van der Waals surface area contributed by atoms with Crippen LogP contribution in [0.1, 0.15) is 30.6 Å². The van der Waals surface area contributed by atoms with E-state index in [4.69, 9.17) is 9.47 Å². The zero-order valence-electron chi connectivity index (χ0n) is 15.3. The van der Waals surface area contributed by atoms with Crippen LogP contribution in [0.4, 0.5) is 5.69 Å². The number of hydrogen-bond acceptors (Lipinski definition) is 5. The fourth-order valence-electron chi connectivity index (χ4n) is 3.04. The van der Waals surface area contributed by atoms with E-state index in [1.165, 1.54) is 6.92 Å². The van der Waals surface area contributed by atoms with Crippen molar-refractivity contribution in [1.82, 2.24) is 0 Å². The van der Waals surface area contributed by atoms with Gasteiger partial charge in [-0.05, 0) is 50.2 Å². The van der Waals surface area contributed by atoms with E-state index in [9.17, 15) is 14.4 Å². The van der Waals surface area contributed by atoms with Crippen molar-refractivity contribution in [3.63, 3.8) is 0 Å². The van der Waals surface area contributed by atoms with E-state index in [-0.39, 0.29) is 30.4 Å². The number of para-hydroxylation sites is 1. The van der Waals surface area contributed by atoms with Crippen molar-refractivity contribution in [2.24, 2.45) is 5.92 Å². The van der Waals surface area contributed by atoms with Gasteiger partial charge in [0.2, 0.25) is 5.91 Å². The molecule has 1 amide bonds. The molecular formula is C21H21NO5. The molecule has 0 N–H and O–H groups in total. The highest BCUT2D eigenvalue weighted by molar-refractivity contribution is 6.01. The van der Waals surface area contributed by atoms with Gasteiger partial charge in [-0.2, -0.15) is 0 Å². The summed E-state index contributed by atoms with van der Waals surface area (Å²) in [6, 6.07) is 13.8. The Hall–Kier alpha value is -3.15. The summed E-state index contributed by atoms with van der Waals surface area (Å²) in [5, 5.41) is 0. The second-order valence-electron chi connectivity index (χ2n) is 6.31. The molecule has 0 unspecified atom stereocenters. The van der Waals surface area contributed by atoms with Crippen LogP contribution in [0.15, 0.2) is 48.5 Å². The Balaban J connectivity index is 1.70. The molecule has 1 fully saturated rings. The molecule has 1 atom stereocenters. The van der Waals surface area contributed by atoms with Gasteiger partial charge < -0.3 is 14.4 Å². The highest BCUT2D eigenvalue weighted by atomic mass is 16.5. The lowest BCUT2D eigenvalue weighted by molar-refractivity contribution is -0.139. The van der Waals surface area contributed by atoms with E-state index in [0.29, 0.717) is 17.9 Å². The smallest absolute Gasteiger partial charge is 0.316 e. The van der Waals surface area contributed by atoms with Gasteiger partial charge in [0.1, 0.15) is 11.5 Å². The van der Waals surface area contributed by atoms with Crippen LogP contribution in [0.2, 0.25) is 0 Å². The lowest BCUT2D eigenvalue weighted by Gasteiger charge is -2.17. The van der Waals surface area contributed by atoms with Crippen molar-refractivity contribution in [1.29, 1.82) is 0 Å². The number of esters is 1. The Labute approximate surface area is 157 Å². The van der Waals surface area contributed by atoms with Crippen LogP contribution in [0.25, 0.3) is 0 Å². The van der Waals surface area contributed by atoms with Crippen LogP contribution in [0.5, 0.6) is 11.5 Å². The second-order valence-corrected chi connectivity index (χ2v) is 6.31. The predicted octanol–water partition coefficient (Wildman–Crippen LogP) is 3.25. The van der Waals surface area contributed by atoms with Crippen molar-refractivity contribution < 1.29 is 23.9 Å². The minimum atomic E-state index is -0.580. The van der Waals surface area contributed by atoms with Crippen LogP contribution in [-0.2, 0) is 9.59 Å². The zero-order chi connectivity index (χ0) is 19.4. The largest absolute Gasteiger partial charge is 0.494 e. The Bertz CT molecular complexity index is 859. The van der Waals surface area contributed by atoms with Crippen LogP contribution in [0, 0.1) is 5.92 Å². The lowest BCUT2D eigenvalue weighted by atomic mass is 10.1. The first-order chi connectivity index (χ1) is 13.0. The zero-order valence-corrected chi connectivity index (χ0v) is 15.3. The molecule has 140 valence electrons. The molecule has 6 heteroatoms. The number of carbonyl (C=O) groups excluding carboxylic acids is 3. The monoisotopic (exact) mass is 367 g/mol. The number of anilines is 1. The van der Waals surface area contributed by atoms with Crippen LogP contribution < -0.4 is 14.4 Å². The van der Waals surface area contributed by atoms with E-state index in [1.807, 2.05) is 6.92 Å². The van der Waals surface area contributed by atoms with E-state index < -0.39 is 11.9 Å². The quantitative estimate of drug-likeness (QED) is 0.445. The van der Waals surface area contributed by atoms with Gasteiger partial charge in [0.15, 0.2) is 5.78 Å². The van der Waals surface area contributed by atoms with Gasteiger partial charge in [-0.1, -0.05) is 12.1 Å². The molecule has 3 rings (SSSR count). The molecule has 1 aliphatic heterocycles. The third kappa shape index (κ3) is 4.16. The number of Topliss-reactive ketones (excluding diaryl/α,β-unsaturated/α-hetero) is 1. The maximum absolute atomic E-state index is 12.5. The van der Waals surface area contributed by atoms with Crippen molar-refractivity contribution >= 4 is 23.3 Å². The van der Waals surface area contributed by atoms with Crippen molar-refractivity contribution in [3.8, 4) is 11.5 Å². The first kappa shape index (κ1) is 18.6. The Morgan fingerprint density at radius 2 is 1.81 bits per heavy atom. The maximum Gasteiger partial charge on any atom is 0.316 e. The molecule has 0 bridgehead atoms. The van der Waals surface area contributed by atoms with Crippen molar-refractivity contribution in [3.05, 3.63) is 54.1 Å². The third-order valence-corrected chi connectivity index (χ3v) is 4.39. The predicted molar refractivity (Wildman–Crippen MR) is 100 cm³/mol. The minimum Gasteiger partial charge on any atom is -0.494 e. The summed E-state index contributed by atoms with van der Waals surface area (Å²) in [5.74, 6) is -0.459. The number of amides is 1. The molecule has 2 aromatic rings. The highest BCUT2D eigenvalue weighted by Crippen LogP contribution is 2.28. The van der Waals surface area contributed by atoms with Gasteiger partial charge in [-0.3, -0.25) is 14.4 Å². The average Bonchev–Trinajstić information content (AvgIpc) is 3.05. The molecule has 0 aromatic heterocycles. The summed E-state index contributed by atoms with van der Waals surface area (Å²) in [4.78, 5) is 38.1. The van der Waals surface area contributed by atoms with Gasteiger partial charge in [0.25, 0.3) is 0 Å². The normalized spacial score (nSPS) is 16.3. The molecule has 27 heavy (non-hydrogen) atoms. The van der Waals surface area contributed by atoms with Crippen molar-refractivity contribution in [2.75, 3.05) is 18.1 Å². The van der Waals surface area contributed by atoms with Gasteiger partial charge >= 0.3 is 5.97 Å². The Morgan fingerprint density at radius 1 is 1.11 bits per heavy atom. The number of rotatable bonds is 6. The van der Waals surface area contributed by atoms with Crippen LogP contribution >= 0.6 is 0 Å². The fourth-order valence-corrected chi connectivity index (χ4v) is 3.04. The summed E-state index contributed by atoms with van der Waals surface area (Å²) in [7, 11) is 0. The molecule has 1 saturated heterocycles. The number of ether oxygens (including phenoxy) is 2. The molecule has 1 aliphatic rings. The SMILES string of the molecule is CCOc1ccc(N2C[C@H](C(=O)Oc3ccccc3C(C)=O)CC2=O)cc1. The first-order valence-corrected chi connectivity index (χ1v) is 8.84. The third-order valence-electron chi connectivity index (χ3n) is 4.39. The van der Waals surface area contributed by atoms with Crippen molar-refractivity contribution in [2.45, 2.75) is 20.3 Å². The Kier molecular flexibility index (Phi) is 5.54. The van der Waals surface area contributed by atoms with E-state index in [2.05, 4.69) is 0 Å². The first-order valence-electron chi connectivity index (χ1n) is 8.84. The number of carbonyl (C=O) groups is 3. The highest BCUT2D eigenvalue weighted by Gasteiger charge is 2.36. The molecule has 0 aliphatic carbocycles. The van der Waals surface area contributed by atoms with Crippen LogP contribution in [0.3, 0.4) is 0 Å². The van der Waals surface area contributed by atoms with Gasteiger partial charge in [0, 0.05) is 18.7 Å². The summed E-state index contributed by atoms with van der Waals surface area (Å²) >= 11 is 0. The summed E-state index contributed by atoms with van der Waals surface area (Å²) in [6.45, 7) is 4.13. The van der Waals surface area contributed by atoms with Crippen LogP contribution in [-0.4, -0.2) is 30.8 Å². The number of hydrogen-bond donors (Lipinski definition) is 0. The number of ketones is 1. The maximum atomic E-state index is 12.5. The van der Waals surface area contributed by atoms with E-state index in [0.717, 1.165) is 5.75 Å². The molecule has 0 spiro atoms. The Morgan fingerprint density at radius 3 is 2.48 bits per heavy atom. The van der Waals surface area contributed by atoms with Gasteiger partial charge in [-0.15, -0.1) is 0 Å². The fraction of sp³-hybridized carbons (Fsp3) is 0.286. The molecule has 1 heterocycles. The summed E-state index contributed by atoms with van der Waals surface area (Å²) < 4.78 is 10.8. The minimum absolute atomic E-state index is 0.0777. The van der Waals surface area contributed by atoms with Gasteiger partial charge in [-0.25, -0.2) is 0 Å². The topological polar surface area (TPSA) is 72.9 Å². The van der Waals surface area contributed by atoms with E-state index >= 15 is 0 Å². The summed E-state index contributed by atoms with van der Waals surface area (Å²) in [6.07, 6.45) is 0.0777. The number of nitrogens with zero attached hydrogens (tertiary/aromatic N) is 1. The van der Waals surface area contributed by atoms with E-state index in [1.54, 1.807) is 53.4 Å². The standard InChI is InChI=1S/C21H21NO5/c1-3-26-17-10-8-16(9-11-17)22-13-15(12-20(22)24)21(25)27-19-7-5-4-6-18(19)14(2)23/h4-11,15H,3,12-13H2,1-2H3/t15-/m1/s1. The molecular weight excluding hydrogens is 346 g/mol.